The van der Waals surface area contributed by atoms with Crippen LogP contribution in [0.15, 0.2) is 53.6 Å². The third-order valence-corrected chi connectivity index (χ3v) is 4.89. The molecule has 0 bridgehead atoms. The number of nitrogens with zero attached hydrogens (tertiary/aromatic N) is 2. The molecule has 0 saturated carbocycles. The fraction of sp³-hybridized carbons (Fsp3) is 0.214. The molecule has 0 atom stereocenters. The number of ether oxygens (including phenoxy) is 1. The lowest BCUT2D eigenvalue weighted by Crippen LogP contribution is -2.31. The number of pyridine rings is 1. The highest BCUT2D eigenvalue weighted by molar-refractivity contribution is 7.89. The van der Waals surface area contributed by atoms with E-state index in [0.717, 1.165) is 0 Å². The molecule has 0 fully saturated rings. The molecule has 0 radical (unpaired) electrons. The van der Waals surface area contributed by atoms with Gasteiger partial charge in [0.1, 0.15) is 22.4 Å². The summed E-state index contributed by atoms with van der Waals surface area (Å²) in [6.45, 7) is 0.501. The Bertz CT molecular complexity index is 675. The maximum atomic E-state index is 12.3. The van der Waals surface area contributed by atoms with Gasteiger partial charge >= 0.3 is 0 Å². The zero-order chi connectivity index (χ0) is 15.3. The summed E-state index contributed by atoms with van der Waals surface area (Å²) in [4.78, 5) is 3.89. The van der Waals surface area contributed by atoms with Crippen LogP contribution >= 0.6 is 11.6 Å². The lowest BCUT2D eigenvalue weighted by Gasteiger charge is -2.17. The molecule has 112 valence electrons. The number of sulfonamides is 1. The maximum Gasteiger partial charge on any atom is 0.244 e. The Morgan fingerprint density at radius 2 is 1.90 bits per heavy atom. The van der Waals surface area contributed by atoms with Gasteiger partial charge in [0.2, 0.25) is 10.0 Å². The molecule has 2 aromatic rings. The Balaban J connectivity index is 1.96. The SMILES string of the molecule is CN(CCOc1ccccc1)S(=O)(=O)c1ccc(Cl)nc1. The van der Waals surface area contributed by atoms with Crippen LogP contribution in [0.3, 0.4) is 0 Å². The van der Waals surface area contributed by atoms with Gasteiger partial charge in [-0.1, -0.05) is 29.8 Å². The van der Waals surface area contributed by atoms with Crippen LogP contribution in [0.25, 0.3) is 0 Å². The molecule has 21 heavy (non-hydrogen) atoms. The molecule has 0 N–H and O–H groups in total. The Hall–Kier alpha value is -1.63. The van der Waals surface area contributed by atoms with Gasteiger partial charge in [-0.3, -0.25) is 0 Å². The van der Waals surface area contributed by atoms with E-state index < -0.39 is 10.0 Å². The van der Waals surface area contributed by atoms with Crippen molar-refractivity contribution >= 4 is 21.6 Å². The van der Waals surface area contributed by atoms with Gasteiger partial charge in [0, 0.05) is 19.8 Å². The second-order valence-electron chi connectivity index (χ2n) is 4.30. The summed E-state index contributed by atoms with van der Waals surface area (Å²) in [7, 11) is -2.08. The van der Waals surface area contributed by atoms with Crippen molar-refractivity contribution in [1.29, 1.82) is 0 Å². The summed E-state index contributed by atoms with van der Waals surface area (Å²) in [5.74, 6) is 0.705. The molecule has 1 aromatic carbocycles. The number of aromatic nitrogens is 1. The number of para-hydroxylation sites is 1. The van der Waals surface area contributed by atoms with E-state index in [-0.39, 0.29) is 23.2 Å². The maximum absolute atomic E-state index is 12.3. The molecular weight excluding hydrogens is 312 g/mol. The van der Waals surface area contributed by atoms with E-state index in [2.05, 4.69) is 4.98 Å². The minimum atomic E-state index is -3.58. The van der Waals surface area contributed by atoms with Crippen LogP contribution in [-0.4, -0.2) is 37.9 Å². The van der Waals surface area contributed by atoms with Crippen LogP contribution in [-0.2, 0) is 10.0 Å². The lowest BCUT2D eigenvalue weighted by atomic mass is 10.3. The zero-order valence-corrected chi connectivity index (χ0v) is 13.0. The third-order valence-electron chi connectivity index (χ3n) is 2.83. The van der Waals surface area contributed by atoms with Gasteiger partial charge in [-0.2, -0.15) is 4.31 Å². The van der Waals surface area contributed by atoms with Crippen molar-refractivity contribution in [2.24, 2.45) is 0 Å². The van der Waals surface area contributed by atoms with Crippen LogP contribution in [0.4, 0.5) is 0 Å². The summed E-state index contributed by atoms with van der Waals surface area (Å²) in [6.07, 6.45) is 1.24. The van der Waals surface area contributed by atoms with Crippen molar-refractivity contribution < 1.29 is 13.2 Å². The van der Waals surface area contributed by atoms with Gasteiger partial charge in [0.15, 0.2) is 0 Å². The molecule has 0 amide bonds. The number of rotatable bonds is 6. The Kier molecular flexibility index (Phi) is 5.17. The van der Waals surface area contributed by atoms with Crippen molar-refractivity contribution in [3.8, 4) is 5.75 Å². The molecule has 1 heterocycles. The van der Waals surface area contributed by atoms with E-state index in [1.807, 2.05) is 30.3 Å². The molecule has 1 aromatic heterocycles. The first-order chi connectivity index (χ1) is 10.00. The van der Waals surface area contributed by atoms with E-state index in [0.29, 0.717) is 5.75 Å². The van der Waals surface area contributed by atoms with Crippen LogP contribution in [0.1, 0.15) is 0 Å². The summed E-state index contributed by atoms with van der Waals surface area (Å²) in [5, 5.41) is 0.254. The summed E-state index contributed by atoms with van der Waals surface area (Å²) in [6, 6.07) is 12.1. The monoisotopic (exact) mass is 326 g/mol. The minimum absolute atomic E-state index is 0.106. The molecule has 0 saturated heterocycles. The predicted molar refractivity (Wildman–Crippen MR) is 81.0 cm³/mol. The first-order valence-corrected chi connectivity index (χ1v) is 8.08. The normalized spacial score (nSPS) is 11.6. The third kappa shape index (κ3) is 4.17. The van der Waals surface area contributed by atoms with Crippen LogP contribution in [0.2, 0.25) is 5.15 Å². The second-order valence-corrected chi connectivity index (χ2v) is 6.74. The number of likely N-dealkylation sites (N-methyl/N-ethyl adjacent to an activating group) is 1. The molecule has 2 rings (SSSR count). The van der Waals surface area contributed by atoms with Crippen molar-refractivity contribution in [3.05, 3.63) is 53.8 Å². The number of hydrogen-bond acceptors (Lipinski definition) is 4. The van der Waals surface area contributed by atoms with Crippen molar-refractivity contribution in [1.82, 2.24) is 9.29 Å². The fourth-order valence-corrected chi connectivity index (χ4v) is 2.84. The summed E-state index contributed by atoms with van der Waals surface area (Å²) >= 11 is 5.65. The highest BCUT2D eigenvalue weighted by atomic mass is 35.5. The number of benzene rings is 1. The summed E-state index contributed by atoms with van der Waals surface area (Å²) in [5.41, 5.74) is 0. The van der Waals surface area contributed by atoms with Crippen molar-refractivity contribution in [2.75, 3.05) is 20.2 Å². The second kappa shape index (κ2) is 6.89. The molecule has 5 nitrogen and oxygen atoms in total. The molecule has 0 spiro atoms. The van der Waals surface area contributed by atoms with Gasteiger partial charge in [-0.05, 0) is 24.3 Å². The van der Waals surface area contributed by atoms with Gasteiger partial charge in [0.05, 0.1) is 0 Å². The van der Waals surface area contributed by atoms with Gasteiger partial charge in [-0.15, -0.1) is 0 Å². The smallest absolute Gasteiger partial charge is 0.244 e. The molecule has 7 heteroatoms. The predicted octanol–water partition coefficient (Wildman–Crippen LogP) is 2.43. The largest absolute Gasteiger partial charge is 0.492 e. The first-order valence-electron chi connectivity index (χ1n) is 6.26. The van der Waals surface area contributed by atoms with E-state index in [9.17, 15) is 8.42 Å². The molecule has 0 aliphatic heterocycles. The molecule has 0 aliphatic carbocycles. The van der Waals surface area contributed by atoms with Gasteiger partial charge < -0.3 is 4.74 Å². The van der Waals surface area contributed by atoms with Crippen LogP contribution in [0, 0.1) is 0 Å². The number of halogens is 1. The zero-order valence-electron chi connectivity index (χ0n) is 11.4. The average Bonchev–Trinajstić information content (AvgIpc) is 2.48. The quantitative estimate of drug-likeness (QED) is 0.765. The van der Waals surface area contributed by atoms with Gasteiger partial charge in [-0.25, -0.2) is 13.4 Å². The Labute approximate surface area is 129 Å². The standard InChI is InChI=1S/C14H15ClN2O3S/c1-17(9-10-20-12-5-3-2-4-6-12)21(18,19)13-7-8-14(15)16-11-13/h2-8,11H,9-10H2,1H3. The highest BCUT2D eigenvalue weighted by Gasteiger charge is 2.20. The van der Waals surface area contributed by atoms with E-state index in [4.69, 9.17) is 16.3 Å². The molecule has 0 aliphatic rings. The Morgan fingerprint density at radius 3 is 2.52 bits per heavy atom. The van der Waals surface area contributed by atoms with Crippen LogP contribution in [0.5, 0.6) is 5.75 Å². The van der Waals surface area contributed by atoms with Gasteiger partial charge in [0.25, 0.3) is 0 Å². The van der Waals surface area contributed by atoms with Crippen molar-refractivity contribution in [3.63, 3.8) is 0 Å². The minimum Gasteiger partial charge on any atom is -0.492 e. The molecular formula is C14H15ClN2O3S. The fourth-order valence-electron chi connectivity index (χ4n) is 1.62. The highest BCUT2D eigenvalue weighted by Crippen LogP contribution is 2.15. The van der Waals surface area contributed by atoms with Crippen LogP contribution < -0.4 is 4.74 Å². The van der Waals surface area contributed by atoms with E-state index in [1.54, 1.807) is 0 Å². The van der Waals surface area contributed by atoms with E-state index in [1.165, 1.54) is 29.7 Å². The lowest BCUT2D eigenvalue weighted by molar-refractivity contribution is 0.287. The first kappa shape index (κ1) is 15.8. The molecule has 0 unspecified atom stereocenters. The van der Waals surface area contributed by atoms with E-state index >= 15 is 0 Å². The topological polar surface area (TPSA) is 59.5 Å². The average molecular weight is 327 g/mol. The Morgan fingerprint density at radius 1 is 1.19 bits per heavy atom. The van der Waals surface area contributed by atoms with Crippen molar-refractivity contribution in [2.45, 2.75) is 4.90 Å². The number of hydrogen-bond donors (Lipinski definition) is 0. The summed E-state index contributed by atoms with van der Waals surface area (Å²) < 4.78 is 31.3.